The molecule has 3 aromatic rings. The van der Waals surface area contributed by atoms with Crippen molar-refractivity contribution in [2.45, 2.75) is 88.8 Å². The summed E-state index contributed by atoms with van der Waals surface area (Å²) in [5, 5.41) is 16.0. The van der Waals surface area contributed by atoms with Crippen LogP contribution < -0.4 is 16.2 Å². The molecule has 47 heavy (non-hydrogen) atoms. The molecular formula is C36H38F2N6O3. The van der Waals surface area contributed by atoms with Crippen molar-refractivity contribution in [2.75, 3.05) is 18.4 Å². The van der Waals surface area contributed by atoms with Crippen LogP contribution >= 0.6 is 0 Å². The summed E-state index contributed by atoms with van der Waals surface area (Å²) in [5.74, 6) is -3.07. The molecule has 1 saturated heterocycles. The fourth-order valence-corrected chi connectivity index (χ4v) is 6.63. The number of hydrogen-bond donors (Lipinski definition) is 2. The number of alkyl halides is 2. The van der Waals surface area contributed by atoms with Crippen LogP contribution in [0, 0.1) is 17.2 Å². The number of likely N-dealkylation sites (tertiary alicyclic amines) is 1. The summed E-state index contributed by atoms with van der Waals surface area (Å²) in [7, 11) is 0. The molecule has 11 heteroatoms. The zero-order valence-corrected chi connectivity index (χ0v) is 26.6. The second kappa shape index (κ2) is 12.0. The second-order valence-corrected chi connectivity index (χ2v) is 13.8. The van der Waals surface area contributed by atoms with E-state index < -0.39 is 30.8 Å². The van der Waals surface area contributed by atoms with E-state index in [1.165, 1.54) is 25.3 Å². The van der Waals surface area contributed by atoms with Crippen molar-refractivity contribution in [3.05, 3.63) is 80.9 Å². The summed E-state index contributed by atoms with van der Waals surface area (Å²) in [6.07, 6.45) is 9.16. The van der Waals surface area contributed by atoms with Crippen LogP contribution in [0.1, 0.15) is 114 Å². The number of aromatic nitrogens is 2. The first-order valence-corrected chi connectivity index (χ1v) is 16.6. The van der Waals surface area contributed by atoms with E-state index in [-0.39, 0.29) is 46.1 Å². The summed E-state index contributed by atoms with van der Waals surface area (Å²) in [6.45, 7) is 2.88. The lowest BCUT2D eigenvalue weighted by atomic mass is 9.80. The largest absolute Gasteiger partial charge is 0.326 e. The van der Waals surface area contributed by atoms with Crippen LogP contribution in [-0.2, 0) is 0 Å². The van der Waals surface area contributed by atoms with E-state index in [2.05, 4.69) is 24.5 Å². The summed E-state index contributed by atoms with van der Waals surface area (Å²) in [5.41, 5.74) is 2.64. The van der Waals surface area contributed by atoms with E-state index in [0.717, 1.165) is 41.8 Å². The van der Waals surface area contributed by atoms with E-state index in [0.29, 0.717) is 23.1 Å². The van der Waals surface area contributed by atoms with E-state index >= 15 is 0 Å². The highest BCUT2D eigenvalue weighted by atomic mass is 19.3. The first-order chi connectivity index (χ1) is 22.5. The van der Waals surface area contributed by atoms with Gasteiger partial charge >= 0.3 is 0 Å². The zero-order chi connectivity index (χ0) is 33.0. The Morgan fingerprint density at radius 3 is 2.38 bits per heavy atom. The first-order valence-electron chi connectivity index (χ1n) is 16.6. The molecule has 3 heterocycles. The van der Waals surface area contributed by atoms with Gasteiger partial charge < -0.3 is 20.1 Å². The number of carbonyl (C=O) groups excluding carboxylic acids is 2. The Balaban J connectivity index is 1.21. The molecule has 3 aliphatic carbocycles. The number of nitrogens with one attached hydrogen (secondary N) is 2. The molecule has 0 bridgehead atoms. The lowest BCUT2D eigenvalue weighted by Crippen LogP contribution is -2.58. The van der Waals surface area contributed by atoms with Gasteiger partial charge in [-0.2, -0.15) is 5.26 Å². The van der Waals surface area contributed by atoms with Crippen LogP contribution in [0.3, 0.4) is 0 Å². The van der Waals surface area contributed by atoms with Crippen molar-refractivity contribution < 1.29 is 18.4 Å². The number of nitriles is 1. The highest BCUT2D eigenvalue weighted by Crippen LogP contribution is 2.42. The Bertz CT molecular complexity index is 1850. The van der Waals surface area contributed by atoms with Gasteiger partial charge in [0.2, 0.25) is 0 Å². The third-order valence-electron chi connectivity index (χ3n) is 10.0. The quantitative estimate of drug-likeness (QED) is 0.273. The van der Waals surface area contributed by atoms with Crippen LogP contribution in [-0.4, -0.2) is 51.3 Å². The molecule has 0 spiro atoms. The van der Waals surface area contributed by atoms with Gasteiger partial charge in [-0.15, -0.1) is 0 Å². The summed E-state index contributed by atoms with van der Waals surface area (Å²) >= 11 is 0. The summed E-state index contributed by atoms with van der Waals surface area (Å²) < 4.78 is 29.0. The van der Waals surface area contributed by atoms with Gasteiger partial charge in [0.1, 0.15) is 11.4 Å². The molecule has 4 fully saturated rings. The number of anilines is 1. The molecule has 2 aromatic heterocycles. The third-order valence-corrected chi connectivity index (χ3v) is 10.0. The molecule has 1 unspecified atom stereocenters. The molecule has 2 N–H and O–H groups in total. The minimum absolute atomic E-state index is 0.0347. The maximum Gasteiger partial charge on any atom is 0.282 e. The smallest absolute Gasteiger partial charge is 0.282 e. The minimum atomic E-state index is -2.94. The molecule has 1 aliphatic heterocycles. The molecule has 0 radical (unpaired) electrons. The molecule has 2 atom stereocenters. The monoisotopic (exact) mass is 640 g/mol. The standard InChI is InChI=1S/C36H38F2N6O3/c1-20(23-4-3-5-23)40-21(2)26-13-30(35(47)44(17-26)27-9-10-27)33(45)42-32-15-25(14-31(41-32)24-7-8-24)28-11-6-22(16-39)12-29(28)34(46)43-18-36(37,38)19-43/h6,11-15,17,20-21,23-24,27,40H,3-5,7-10,18-19H2,1-2H3,(H,41,42,45)/t20-,21?/m0/s1. The van der Waals surface area contributed by atoms with E-state index in [4.69, 9.17) is 4.98 Å². The van der Waals surface area contributed by atoms with Crippen molar-refractivity contribution in [3.8, 4) is 17.2 Å². The Kier molecular flexibility index (Phi) is 7.95. The van der Waals surface area contributed by atoms with Crippen LogP contribution in [0.25, 0.3) is 11.1 Å². The molecule has 244 valence electrons. The fourth-order valence-electron chi connectivity index (χ4n) is 6.63. The van der Waals surface area contributed by atoms with Gasteiger partial charge in [-0.25, -0.2) is 13.8 Å². The second-order valence-electron chi connectivity index (χ2n) is 13.8. The number of carbonyl (C=O) groups is 2. The predicted molar refractivity (Wildman–Crippen MR) is 172 cm³/mol. The van der Waals surface area contributed by atoms with E-state index in [1.807, 2.05) is 18.3 Å². The number of nitrogens with zero attached hydrogens (tertiary/aromatic N) is 4. The molecule has 1 aromatic carbocycles. The highest BCUT2D eigenvalue weighted by Gasteiger charge is 2.46. The number of pyridine rings is 2. The van der Waals surface area contributed by atoms with E-state index in [9.17, 15) is 28.4 Å². The Morgan fingerprint density at radius 1 is 1.02 bits per heavy atom. The molecule has 7 rings (SSSR count). The molecule has 2 amide bonds. The third kappa shape index (κ3) is 6.44. The normalized spacial score (nSPS) is 20.0. The van der Waals surface area contributed by atoms with Gasteiger partial charge in [0, 0.05) is 41.5 Å². The Morgan fingerprint density at radius 2 is 1.77 bits per heavy atom. The first kappa shape index (κ1) is 31.2. The highest BCUT2D eigenvalue weighted by molar-refractivity contribution is 6.05. The zero-order valence-electron chi connectivity index (χ0n) is 26.6. The Labute approximate surface area is 272 Å². The number of benzene rings is 1. The average Bonchev–Trinajstić information content (AvgIpc) is 3.92. The van der Waals surface area contributed by atoms with Gasteiger partial charge in [-0.3, -0.25) is 14.4 Å². The lowest BCUT2D eigenvalue weighted by molar-refractivity contribution is -0.113. The number of hydrogen-bond acceptors (Lipinski definition) is 6. The molecule has 9 nitrogen and oxygen atoms in total. The maximum absolute atomic E-state index is 13.8. The maximum atomic E-state index is 13.8. The summed E-state index contributed by atoms with van der Waals surface area (Å²) in [6, 6.07) is 12.1. The van der Waals surface area contributed by atoms with E-state index in [1.54, 1.807) is 28.8 Å². The van der Waals surface area contributed by atoms with Crippen molar-refractivity contribution in [2.24, 2.45) is 5.92 Å². The lowest BCUT2D eigenvalue weighted by Gasteiger charge is -2.39. The Hall–Kier alpha value is -4.43. The SMILES string of the molecule is CC(N[C@@H](C)C1CCC1)c1cc(C(=O)Nc2cc(-c3ccc(C#N)cc3C(=O)N3CC(F)(F)C3)cc(C3CC3)n2)c(=O)n(C2CC2)c1. The minimum Gasteiger partial charge on any atom is -0.326 e. The number of halogens is 2. The molecular weight excluding hydrogens is 602 g/mol. The van der Waals surface area contributed by atoms with Gasteiger partial charge in [-0.05, 0) is 105 Å². The molecule has 3 saturated carbocycles. The predicted octanol–water partition coefficient (Wildman–Crippen LogP) is 6.18. The number of amides is 2. The van der Waals surface area contributed by atoms with Crippen LogP contribution in [0.15, 0.2) is 47.4 Å². The van der Waals surface area contributed by atoms with Crippen LogP contribution in [0.2, 0.25) is 0 Å². The number of rotatable bonds is 10. The summed E-state index contributed by atoms with van der Waals surface area (Å²) in [4.78, 5) is 46.5. The van der Waals surface area contributed by atoms with Crippen molar-refractivity contribution >= 4 is 17.6 Å². The van der Waals surface area contributed by atoms with Crippen molar-refractivity contribution in [1.82, 2.24) is 19.8 Å². The van der Waals surface area contributed by atoms with Gasteiger partial charge in [-0.1, -0.05) is 12.5 Å². The topological polar surface area (TPSA) is 120 Å². The fraction of sp³-hybridized carbons (Fsp3) is 0.472. The van der Waals surface area contributed by atoms with Gasteiger partial charge in [0.15, 0.2) is 0 Å². The van der Waals surface area contributed by atoms with Gasteiger partial charge in [0.05, 0.1) is 24.7 Å². The van der Waals surface area contributed by atoms with Crippen LogP contribution in [0.4, 0.5) is 14.6 Å². The van der Waals surface area contributed by atoms with Crippen LogP contribution in [0.5, 0.6) is 0 Å². The molecule has 4 aliphatic rings. The van der Waals surface area contributed by atoms with Crippen molar-refractivity contribution in [1.29, 1.82) is 5.26 Å². The van der Waals surface area contributed by atoms with Gasteiger partial charge in [0.25, 0.3) is 23.3 Å². The van der Waals surface area contributed by atoms with Crippen molar-refractivity contribution in [3.63, 3.8) is 0 Å². The average molecular weight is 641 g/mol.